The number of aromatic nitrogens is 1. The van der Waals surface area contributed by atoms with Crippen molar-refractivity contribution in [2.45, 2.75) is 6.42 Å². The van der Waals surface area contributed by atoms with E-state index < -0.39 is 0 Å². The summed E-state index contributed by atoms with van der Waals surface area (Å²) >= 11 is 1.34. The molecule has 3 aromatic rings. The summed E-state index contributed by atoms with van der Waals surface area (Å²) in [4.78, 5) is 28.0. The first-order valence-corrected chi connectivity index (χ1v) is 9.56. The Morgan fingerprint density at radius 3 is 2.96 bits per heavy atom. The Bertz CT molecular complexity index is 1000. The van der Waals surface area contributed by atoms with E-state index in [4.69, 9.17) is 9.47 Å². The molecule has 1 aliphatic rings. The quantitative estimate of drug-likeness (QED) is 0.666. The van der Waals surface area contributed by atoms with Gasteiger partial charge in [-0.05, 0) is 30.3 Å². The van der Waals surface area contributed by atoms with Gasteiger partial charge in [0.05, 0.1) is 24.4 Å². The molecule has 142 valence electrons. The summed E-state index contributed by atoms with van der Waals surface area (Å²) in [7, 11) is 0. The Balaban J connectivity index is 1.34. The lowest BCUT2D eigenvalue weighted by Crippen LogP contribution is -2.25. The molecule has 0 spiro atoms. The lowest BCUT2D eigenvalue weighted by atomic mass is 10.1. The Morgan fingerprint density at radius 2 is 2.11 bits per heavy atom. The fourth-order valence-corrected chi connectivity index (χ4v) is 3.40. The average molecular weight is 395 g/mol. The maximum atomic E-state index is 12.1. The van der Waals surface area contributed by atoms with Crippen molar-refractivity contribution in [3.05, 3.63) is 53.9 Å². The number of nitrogens with zero attached hydrogens (tertiary/aromatic N) is 1. The van der Waals surface area contributed by atoms with Crippen molar-refractivity contribution in [3.63, 3.8) is 0 Å². The molecule has 28 heavy (non-hydrogen) atoms. The molecule has 2 aromatic carbocycles. The molecule has 2 amide bonds. The second-order valence-corrected chi connectivity index (χ2v) is 6.90. The van der Waals surface area contributed by atoms with E-state index in [1.165, 1.54) is 11.3 Å². The number of ether oxygens (including phenoxy) is 2. The zero-order valence-electron chi connectivity index (χ0n) is 14.8. The van der Waals surface area contributed by atoms with Crippen LogP contribution in [-0.4, -0.2) is 30.0 Å². The van der Waals surface area contributed by atoms with Crippen molar-refractivity contribution in [2.75, 3.05) is 23.8 Å². The van der Waals surface area contributed by atoms with Gasteiger partial charge in [0.25, 0.3) is 5.91 Å². The molecule has 0 radical (unpaired) electrons. The zero-order valence-corrected chi connectivity index (χ0v) is 15.6. The van der Waals surface area contributed by atoms with Crippen molar-refractivity contribution in [3.8, 4) is 22.8 Å². The molecule has 0 aliphatic carbocycles. The van der Waals surface area contributed by atoms with Gasteiger partial charge in [-0.1, -0.05) is 18.2 Å². The van der Waals surface area contributed by atoms with Gasteiger partial charge >= 0.3 is 0 Å². The summed E-state index contributed by atoms with van der Waals surface area (Å²) in [5.41, 5.74) is 2.16. The van der Waals surface area contributed by atoms with Crippen molar-refractivity contribution in [1.29, 1.82) is 0 Å². The van der Waals surface area contributed by atoms with Crippen LogP contribution in [0, 0.1) is 0 Å². The highest BCUT2D eigenvalue weighted by Gasteiger charge is 2.17. The summed E-state index contributed by atoms with van der Waals surface area (Å²) in [5, 5.41) is 7.92. The number of para-hydroxylation sites is 1. The van der Waals surface area contributed by atoms with Gasteiger partial charge in [0.15, 0.2) is 11.7 Å². The first kappa shape index (κ1) is 18.0. The van der Waals surface area contributed by atoms with Crippen molar-refractivity contribution in [1.82, 2.24) is 4.98 Å². The number of anilines is 2. The molecular formula is C20H17N3O4S. The number of hydrogen-bond acceptors (Lipinski definition) is 6. The third-order valence-corrected chi connectivity index (χ3v) is 4.76. The monoisotopic (exact) mass is 395 g/mol. The van der Waals surface area contributed by atoms with E-state index in [9.17, 15) is 9.59 Å². The highest BCUT2D eigenvalue weighted by Crippen LogP contribution is 2.33. The second kappa shape index (κ2) is 8.10. The van der Waals surface area contributed by atoms with Crippen molar-refractivity contribution < 1.29 is 19.1 Å². The third kappa shape index (κ3) is 4.29. The summed E-state index contributed by atoms with van der Waals surface area (Å²) in [6.45, 7) is 0.311. The number of fused-ring (bicyclic) bond motifs is 1. The molecule has 2 N–H and O–H groups in total. The topological polar surface area (TPSA) is 89.5 Å². The summed E-state index contributed by atoms with van der Waals surface area (Å²) in [6, 6.07) is 14.8. The zero-order chi connectivity index (χ0) is 19.3. The van der Waals surface area contributed by atoms with Crippen LogP contribution in [0.1, 0.15) is 6.42 Å². The SMILES string of the molecule is O=C(CCOc1ccccc1)Nc1nc(-c2ccc3c(c2)NC(=O)CO3)cs1. The molecule has 2 heterocycles. The van der Waals surface area contributed by atoms with Gasteiger partial charge in [0.1, 0.15) is 11.5 Å². The average Bonchev–Trinajstić information content (AvgIpc) is 3.16. The summed E-state index contributed by atoms with van der Waals surface area (Å²) in [5.74, 6) is 1.01. The summed E-state index contributed by atoms with van der Waals surface area (Å²) < 4.78 is 10.9. The standard InChI is InChI=1S/C20H17N3O4S/c24-18(8-9-26-14-4-2-1-3-5-14)23-20-22-16(12-28-20)13-6-7-17-15(10-13)21-19(25)11-27-17/h1-7,10,12H,8-9,11H2,(H,21,25)(H,22,23,24). The van der Waals surface area contributed by atoms with Gasteiger partial charge in [-0.3, -0.25) is 9.59 Å². The Labute approximate surface area is 165 Å². The van der Waals surface area contributed by atoms with E-state index in [1.54, 1.807) is 12.1 Å². The van der Waals surface area contributed by atoms with Crippen LogP contribution in [-0.2, 0) is 9.59 Å². The lowest BCUT2D eigenvalue weighted by Gasteiger charge is -2.18. The molecule has 0 saturated heterocycles. The van der Waals surface area contributed by atoms with Gasteiger partial charge in [-0.15, -0.1) is 11.3 Å². The van der Waals surface area contributed by atoms with E-state index in [1.807, 2.05) is 41.8 Å². The first-order chi connectivity index (χ1) is 13.7. The molecule has 8 heteroatoms. The molecule has 1 aromatic heterocycles. The van der Waals surface area contributed by atoms with E-state index in [0.29, 0.717) is 28.9 Å². The minimum Gasteiger partial charge on any atom is -0.493 e. The highest BCUT2D eigenvalue weighted by molar-refractivity contribution is 7.14. The largest absolute Gasteiger partial charge is 0.493 e. The fraction of sp³-hybridized carbons (Fsp3) is 0.150. The predicted octanol–water partition coefficient (Wildman–Crippen LogP) is 3.55. The third-order valence-electron chi connectivity index (χ3n) is 4.00. The molecule has 7 nitrogen and oxygen atoms in total. The van der Waals surface area contributed by atoms with Crippen LogP contribution < -0.4 is 20.1 Å². The first-order valence-electron chi connectivity index (χ1n) is 8.68. The van der Waals surface area contributed by atoms with Gasteiger partial charge in [-0.25, -0.2) is 4.98 Å². The molecule has 1 aliphatic heterocycles. The van der Waals surface area contributed by atoms with Gasteiger partial charge in [0, 0.05) is 10.9 Å². The Kier molecular flexibility index (Phi) is 5.20. The van der Waals surface area contributed by atoms with Crippen molar-refractivity contribution >= 4 is 34.0 Å². The van der Waals surface area contributed by atoms with Gasteiger partial charge in [-0.2, -0.15) is 0 Å². The molecule has 0 fully saturated rings. The van der Waals surface area contributed by atoms with Crippen LogP contribution in [0.3, 0.4) is 0 Å². The minimum absolute atomic E-state index is 0.0210. The maximum absolute atomic E-state index is 12.1. The number of nitrogens with one attached hydrogen (secondary N) is 2. The van der Waals surface area contributed by atoms with Crippen LogP contribution in [0.5, 0.6) is 11.5 Å². The van der Waals surface area contributed by atoms with Crippen LogP contribution in [0.15, 0.2) is 53.9 Å². The van der Waals surface area contributed by atoms with Crippen LogP contribution in [0.2, 0.25) is 0 Å². The number of carbonyl (C=O) groups is 2. The number of hydrogen-bond donors (Lipinski definition) is 2. The molecule has 0 atom stereocenters. The number of amides is 2. The minimum atomic E-state index is -0.186. The Morgan fingerprint density at radius 1 is 1.25 bits per heavy atom. The highest BCUT2D eigenvalue weighted by atomic mass is 32.1. The van der Waals surface area contributed by atoms with Crippen LogP contribution in [0.25, 0.3) is 11.3 Å². The van der Waals surface area contributed by atoms with Gasteiger partial charge in [0.2, 0.25) is 5.91 Å². The number of thiazole rings is 1. The van der Waals surface area contributed by atoms with Crippen LogP contribution >= 0.6 is 11.3 Å². The van der Waals surface area contributed by atoms with E-state index in [2.05, 4.69) is 15.6 Å². The van der Waals surface area contributed by atoms with Crippen LogP contribution in [0.4, 0.5) is 10.8 Å². The predicted molar refractivity (Wildman–Crippen MR) is 107 cm³/mol. The summed E-state index contributed by atoms with van der Waals surface area (Å²) in [6.07, 6.45) is 0.228. The molecular weight excluding hydrogens is 378 g/mol. The number of benzene rings is 2. The van der Waals surface area contributed by atoms with E-state index in [0.717, 1.165) is 11.3 Å². The maximum Gasteiger partial charge on any atom is 0.262 e. The fourth-order valence-electron chi connectivity index (χ4n) is 2.67. The number of rotatable bonds is 6. The van der Waals surface area contributed by atoms with E-state index >= 15 is 0 Å². The van der Waals surface area contributed by atoms with Crippen molar-refractivity contribution in [2.24, 2.45) is 0 Å². The number of carbonyl (C=O) groups excluding carboxylic acids is 2. The second-order valence-electron chi connectivity index (χ2n) is 6.05. The lowest BCUT2D eigenvalue weighted by molar-refractivity contribution is -0.118. The van der Waals surface area contributed by atoms with Gasteiger partial charge < -0.3 is 20.1 Å². The molecule has 0 bridgehead atoms. The Hall–Kier alpha value is -3.39. The molecule has 0 saturated carbocycles. The molecule has 4 rings (SSSR count). The normalized spacial score (nSPS) is 12.5. The van der Waals surface area contributed by atoms with E-state index in [-0.39, 0.29) is 24.8 Å². The smallest absolute Gasteiger partial charge is 0.262 e. The molecule has 0 unspecified atom stereocenters.